The number of carbonyl (C=O) groups is 1. The Balaban J connectivity index is 3.56. The zero-order valence-electron chi connectivity index (χ0n) is 33.4. The third kappa shape index (κ3) is 36.9. The number of rotatable bonds is 41. The average Bonchev–Trinajstić information content (AvgIpc) is 3.09. The van der Waals surface area contributed by atoms with Crippen LogP contribution in [0.4, 0.5) is 0 Å². The normalized spacial score (nSPS) is 13.5. The predicted molar refractivity (Wildman–Crippen MR) is 213 cm³/mol. The lowest BCUT2D eigenvalue weighted by molar-refractivity contribution is -0.125. The summed E-state index contributed by atoms with van der Waals surface area (Å²) in [6.45, 7) is 4.28. The summed E-state index contributed by atoms with van der Waals surface area (Å²) in [6, 6.07) is -0.651. The molecule has 0 fully saturated rings. The molecule has 0 aromatic carbocycles. The number of hydrogen-bond donors (Lipinski definition) is 4. The smallest absolute Gasteiger partial charge is 0.222 e. The van der Waals surface area contributed by atoms with E-state index in [1.165, 1.54) is 193 Å². The van der Waals surface area contributed by atoms with E-state index in [-0.39, 0.29) is 18.9 Å². The van der Waals surface area contributed by atoms with Gasteiger partial charge in [-0.25, -0.2) is 0 Å². The first-order valence-corrected chi connectivity index (χ1v) is 22.3. The van der Waals surface area contributed by atoms with Crippen molar-refractivity contribution >= 4 is 5.91 Å². The Kier molecular flexibility index (Phi) is 39.6. The Morgan fingerprint density at radius 1 is 0.429 bits per heavy atom. The van der Waals surface area contributed by atoms with Gasteiger partial charge in [0.15, 0.2) is 0 Å². The van der Waals surface area contributed by atoms with Gasteiger partial charge in [0.2, 0.25) is 5.91 Å². The zero-order valence-corrected chi connectivity index (χ0v) is 33.4. The second-order valence-electron chi connectivity index (χ2n) is 15.7. The molecule has 0 aliphatic heterocycles. The molecule has 3 unspecified atom stereocenters. The molecule has 0 bridgehead atoms. The Hall–Kier alpha value is -0.650. The molecule has 3 atom stereocenters. The Morgan fingerprint density at radius 3 is 0.980 bits per heavy atom. The molecule has 5 heteroatoms. The molecule has 0 rings (SSSR count). The van der Waals surface area contributed by atoms with Crippen LogP contribution >= 0.6 is 0 Å². The number of hydrogen-bond acceptors (Lipinski definition) is 4. The highest BCUT2D eigenvalue weighted by atomic mass is 16.3. The lowest BCUT2D eigenvalue weighted by Gasteiger charge is -2.23. The van der Waals surface area contributed by atoms with Crippen molar-refractivity contribution in [1.29, 1.82) is 0 Å². The largest absolute Gasteiger partial charge is 0.394 e. The minimum absolute atomic E-state index is 0.0429. The highest BCUT2D eigenvalue weighted by Gasteiger charge is 2.21. The van der Waals surface area contributed by atoms with Gasteiger partial charge in [0.05, 0.1) is 31.3 Å². The third-order valence-electron chi connectivity index (χ3n) is 10.7. The Labute approximate surface area is 307 Å². The van der Waals surface area contributed by atoms with Crippen molar-refractivity contribution < 1.29 is 20.1 Å². The molecule has 0 aliphatic carbocycles. The highest BCUT2D eigenvalue weighted by Crippen LogP contribution is 2.17. The van der Waals surface area contributed by atoms with Gasteiger partial charge in [0.1, 0.15) is 0 Å². The van der Waals surface area contributed by atoms with E-state index >= 15 is 0 Å². The van der Waals surface area contributed by atoms with E-state index in [4.69, 9.17) is 0 Å². The van der Waals surface area contributed by atoms with Crippen LogP contribution in [0.5, 0.6) is 0 Å². The highest BCUT2D eigenvalue weighted by molar-refractivity contribution is 5.76. The Bertz CT molecular complexity index is 644. The van der Waals surface area contributed by atoms with E-state index in [9.17, 15) is 20.1 Å². The van der Waals surface area contributed by atoms with Crippen LogP contribution in [-0.4, -0.2) is 46.1 Å². The molecular formula is C44H89NO4. The number of carbonyl (C=O) groups excluding carboxylic acids is 1. The summed E-state index contributed by atoms with van der Waals surface area (Å²) in [5.41, 5.74) is 0. The van der Waals surface area contributed by atoms with E-state index in [1.807, 2.05) is 0 Å². The summed E-state index contributed by atoms with van der Waals surface area (Å²) in [5, 5.41) is 33.4. The van der Waals surface area contributed by atoms with Crippen molar-refractivity contribution in [3.63, 3.8) is 0 Å². The molecule has 0 radical (unpaired) electrons. The molecule has 1 amide bonds. The van der Waals surface area contributed by atoms with Crippen LogP contribution in [0, 0.1) is 0 Å². The molecule has 0 aromatic heterocycles. The van der Waals surface area contributed by atoms with Crippen molar-refractivity contribution in [3.05, 3.63) is 0 Å². The van der Waals surface area contributed by atoms with Crippen molar-refractivity contribution in [2.75, 3.05) is 6.61 Å². The van der Waals surface area contributed by atoms with E-state index in [0.29, 0.717) is 12.8 Å². The van der Waals surface area contributed by atoms with Crippen LogP contribution in [0.25, 0.3) is 0 Å². The van der Waals surface area contributed by atoms with Crippen molar-refractivity contribution in [2.24, 2.45) is 0 Å². The second-order valence-corrected chi connectivity index (χ2v) is 15.7. The Morgan fingerprint density at radius 2 is 0.694 bits per heavy atom. The quantitative estimate of drug-likeness (QED) is 0.0479. The van der Waals surface area contributed by atoms with Gasteiger partial charge in [-0.15, -0.1) is 0 Å². The number of amides is 1. The summed E-state index contributed by atoms with van der Waals surface area (Å²) in [4.78, 5) is 12.4. The maximum Gasteiger partial charge on any atom is 0.222 e. The summed E-state index contributed by atoms with van der Waals surface area (Å²) >= 11 is 0. The van der Waals surface area contributed by atoms with Gasteiger partial charge in [-0.05, 0) is 12.8 Å². The summed E-state index contributed by atoms with van der Waals surface area (Å²) in [5.74, 6) is -0.278. The molecule has 0 heterocycles. The van der Waals surface area contributed by atoms with Crippen LogP contribution in [0.3, 0.4) is 0 Å². The molecule has 5 nitrogen and oxygen atoms in total. The zero-order chi connectivity index (χ0) is 35.9. The fourth-order valence-corrected chi connectivity index (χ4v) is 7.23. The first-order chi connectivity index (χ1) is 24.0. The van der Waals surface area contributed by atoms with Gasteiger partial charge in [-0.3, -0.25) is 4.79 Å². The lowest BCUT2D eigenvalue weighted by Crippen LogP contribution is -2.46. The summed E-state index contributed by atoms with van der Waals surface area (Å²) in [6.07, 6.45) is 45.0. The maximum absolute atomic E-state index is 12.4. The van der Waals surface area contributed by atoms with E-state index in [0.717, 1.165) is 25.7 Å². The van der Waals surface area contributed by atoms with Crippen LogP contribution in [0.15, 0.2) is 0 Å². The fourth-order valence-electron chi connectivity index (χ4n) is 7.23. The van der Waals surface area contributed by atoms with Gasteiger partial charge in [-0.1, -0.05) is 232 Å². The van der Waals surface area contributed by atoms with Gasteiger partial charge in [0.25, 0.3) is 0 Å². The first-order valence-electron chi connectivity index (χ1n) is 22.3. The number of aliphatic hydroxyl groups is 3. The predicted octanol–water partition coefficient (Wildman–Crippen LogP) is 12.7. The first kappa shape index (κ1) is 48.3. The molecule has 49 heavy (non-hydrogen) atoms. The maximum atomic E-state index is 12.4. The van der Waals surface area contributed by atoms with Crippen molar-refractivity contribution in [1.82, 2.24) is 5.32 Å². The van der Waals surface area contributed by atoms with E-state index in [1.54, 1.807) is 0 Å². The molecule has 4 N–H and O–H groups in total. The number of aliphatic hydroxyl groups excluding tert-OH is 3. The standard InChI is InChI=1S/C44H89NO4/c1-3-5-7-9-11-13-15-17-19-20-21-22-23-24-25-27-29-31-33-35-37-41(47)39-44(49)45-42(40-46)43(48)38-36-34-32-30-28-26-18-16-14-12-10-8-6-4-2/h41-43,46-48H,3-40H2,1-2H3,(H,45,49). The van der Waals surface area contributed by atoms with Crippen molar-refractivity contribution in [3.8, 4) is 0 Å². The number of nitrogens with one attached hydrogen (secondary N) is 1. The lowest BCUT2D eigenvalue weighted by atomic mass is 10.0. The van der Waals surface area contributed by atoms with Gasteiger partial charge < -0.3 is 20.6 Å². The van der Waals surface area contributed by atoms with E-state index in [2.05, 4.69) is 19.2 Å². The minimum atomic E-state index is -0.743. The van der Waals surface area contributed by atoms with E-state index < -0.39 is 18.2 Å². The summed E-state index contributed by atoms with van der Waals surface area (Å²) < 4.78 is 0. The molecule has 0 saturated heterocycles. The molecular weight excluding hydrogens is 606 g/mol. The van der Waals surface area contributed by atoms with Crippen molar-refractivity contribution in [2.45, 2.75) is 270 Å². The van der Waals surface area contributed by atoms with Crippen LogP contribution < -0.4 is 5.32 Å². The number of unbranched alkanes of at least 4 members (excludes halogenated alkanes) is 32. The second kappa shape index (κ2) is 40.1. The van der Waals surface area contributed by atoms with Gasteiger partial charge in [0, 0.05) is 0 Å². The molecule has 294 valence electrons. The van der Waals surface area contributed by atoms with Crippen LogP contribution in [-0.2, 0) is 4.79 Å². The summed E-state index contributed by atoms with van der Waals surface area (Å²) in [7, 11) is 0. The molecule has 0 aromatic rings. The van der Waals surface area contributed by atoms with Gasteiger partial charge >= 0.3 is 0 Å². The SMILES string of the molecule is CCCCCCCCCCCCCCCCCCCCCCC(O)CC(=O)NC(CO)C(O)CCCCCCCCCCCCCCCC. The molecule has 0 aliphatic rings. The third-order valence-corrected chi connectivity index (χ3v) is 10.7. The van der Waals surface area contributed by atoms with Gasteiger partial charge in [-0.2, -0.15) is 0 Å². The fraction of sp³-hybridized carbons (Fsp3) is 0.977. The minimum Gasteiger partial charge on any atom is -0.394 e. The molecule has 0 spiro atoms. The monoisotopic (exact) mass is 696 g/mol. The van der Waals surface area contributed by atoms with Crippen LogP contribution in [0.2, 0.25) is 0 Å². The topological polar surface area (TPSA) is 89.8 Å². The van der Waals surface area contributed by atoms with Crippen LogP contribution in [0.1, 0.15) is 251 Å². The average molecular weight is 696 g/mol. The molecule has 0 saturated carbocycles.